The van der Waals surface area contributed by atoms with Crippen LogP contribution >= 0.6 is 0 Å². The van der Waals surface area contributed by atoms with Gasteiger partial charge in [0, 0.05) is 19.5 Å². The van der Waals surface area contributed by atoms with Gasteiger partial charge in [0.05, 0.1) is 0 Å². The van der Waals surface area contributed by atoms with Crippen LogP contribution in [0.2, 0.25) is 0 Å². The van der Waals surface area contributed by atoms with E-state index in [1.54, 1.807) is 25.7 Å². The van der Waals surface area contributed by atoms with E-state index in [-0.39, 0.29) is 18.2 Å². The van der Waals surface area contributed by atoms with Crippen molar-refractivity contribution >= 4 is 17.9 Å². The van der Waals surface area contributed by atoms with E-state index in [9.17, 15) is 14.4 Å². The van der Waals surface area contributed by atoms with Crippen molar-refractivity contribution in [3.63, 3.8) is 0 Å². The fourth-order valence-corrected chi connectivity index (χ4v) is 5.22. The molecule has 2 atom stereocenters. The standard InChI is InChI=1S/C36H55N3O4/c1-8-10-12-13-18-24-39(32(33(40)37-23-17-11-9-2)30-22-21-27(3)25-28(30)4)34(41)31(26-29-19-15-14-16-20-29)38-35(42)43-36(5,6)7/h14-16,19-22,25,31-32H,8-13,17-18,23-24,26H2,1-7H3,(H,37,40)(H,38,42). The van der Waals surface area contributed by atoms with Crippen LogP contribution in [0.25, 0.3) is 0 Å². The molecule has 2 rings (SSSR count). The normalized spacial score (nSPS) is 12.7. The molecule has 0 heterocycles. The van der Waals surface area contributed by atoms with Crippen LogP contribution in [0.5, 0.6) is 0 Å². The Morgan fingerprint density at radius 3 is 2.14 bits per heavy atom. The van der Waals surface area contributed by atoms with Crippen molar-refractivity contribution in [2.45, 2.75) is 124 Å². The summed E-state index contributed by atoms with van der Waals surface area (Å²) < 4.78 is 5.56. The molecule has 7 heteroatoms. The number of benzene rings is 2. The highest BCUT2D eigenvalue weighted by Crippen LogP contribution is 2.28. The van der Waals surface area contributed by atoms with Crippen molar-refractivity contribution in [3.05, 3.63) is 70.8 Å². The average Bonchev–Trinajstić information content (AvgIpc) is 2.94. The fourth-order valence-electron chi connectivity index (χ4n) is 5.22. The lowest BCUT2D eigenvalue weighted by Gasteiger charge is -2.35. The maximum atomic E-state index is 14.6. The Hall–Kier alpha value is -3.35. The number of carbonyl (C=O) groups is 3. The molecule has 0 aliphatic rings. The van der Waals surface area contributed by atoms with Gasteiger partial charge in [-0.1, -0.05) is 106 Å². The summed E-state index contributed by atoms with van der Waals surface area (Å²) in [4.78, 5) is 43.3. The lowest BCUT2D eigenvalue weighted by molar-refractivity contribution is -0.142. The number of rotatable bonds is 17. The van der Waals surface area contributed by atoms with Crippen LogP contribution in [0.4, 0.5) is 4.79 Å². The Kier molecular flexibility index (Phi) is 15.3. The second-order valence-electron chi connectivity index (χ2n) is 12.6. The molecule has 0 aromatic heterocycles. The van der Waals surface area contributed by atoms with E-state index in [2.05, 4.69) is 30.5 Å². The van der Waals surface area contributed by atoms with Gasteiger partial charge in [-0.25, -0.2) is 4.79 Å². The van der Waals surface area contributed by atoms with Gasteiger partial charge in [0.1, 0.15) is 17.7 Å². The molecule has 0 bridgehead atoms. The predicted octanol–water partition coefficient (Wildman–Crippen LogP) is 7.59. The molecule has 0 fully saturated rings. The van der Waals surface area contributed by atoms with Crippen LogP contribution in [0.1, 0.15) is 114 Å². The highest BCUT2D eigenvalue weighted by Gasteiger charge is 2.36. The smallest absolute Gasteiger partial charge is 0.408 e. The first kappa shape index (κ1) is 35.8. The first-order valence-corrected chi connectivity index (χ1v) is 16.2. The van der Waals surface area contributed by atoms with Crippen LogP contribution in [0.15, 0.2) is 48.5 Å². The molecule has 0 aliphatic carbocycles. The lowest BCUT2D eigenvalue weighted by Crippen LogP contribution is -2.54. The van der Waals surface area contributed by atoms with Gasteiger partial charge >= 0.3 is 6.09 Å². The first-order chi connectivity index (χ1) is 20.5. The topological polar surface area (TPSA) is 87.7 Å². The summed E-state index contributed by atoms with van der Waals surface area (Å²) in [7, 11) is 0. The van der Waals surface area contributed by atoms with Crippen LogP contribution in [-0.4, -0.2) is 47.5 Å². The van der Waals surface area contributed by atoms with Crippen LogP contribution in [-0.2, 0) is 20.7 Å². The molecular formula is C36H55N3O4. The van der Waals surface area contributed by atoms with Crippen LogP contribution < -0.4 is 10.6 Å². The van der Waals surface area contributed by atoms with Gasteiger partial charge in [0.2, 0.25) is 11.8 Å². The third-order valence-corrected chi connectivity index (χ3v) is 7.42. The molecule has 43 heavy (non-hydrogen) atoms. The second kappa shape index (κ2) is 18.3. The summed E-state index contributed by atoms with van der Waals surface area (Å²) in [5.74, 6) is -0.486. The van der Waals surface area contributed by atoms with Gasteiger partial charge in [-0.2, -0.15) is 0 Å². The Morgan fingerprint density at radius 2 is 1.51 bits per heavy atom. The fraction of sp³-hybridized carbons (Fsp3) is 0.583. The number of unbranched alkanes of at least 4 members (excludes halogenated alkanes) is 6. The zero-order chi connectivity index (χ0) is 31.8. The maximum absolute atomic E-state index is 14.6. The highest BCUT2D eigenvalue weighted by molar-refractivity contribution is 5.92. The van der Waals surface area contributed by atoms with Crippen molar-refractivity contribution in [1.29, 1.82) is 0 Å². The molecule has 2 aromatic rings. The summed E-state index contributed by atoms with van der Waals surface area (Å²) in [6, 6.07) is 13.9. The van der Waals surface area contributed by atoms with Crippen molar-refractivity contribution in [2.75, 3.05) is 13.1 Å². The Morgan fingerprint density at radius 1 is 0.860 bits per heavy atom. The monoisotopic (exact) mass is 593 g/mol. The molecule has 0 saturated heterocycles. The third-order valence-electron chi connectivity index (χ3n) is 7.42. The Bertz CT molecular complexity index is 1140. The number of hydrogen-bond acceptors (Lipinski definition) is 4. The molecule has 7 nitrogen and oxygen atoms in total. The van der Waals surface area contributed by atoms with E-state index in [0.717, 1.165) is 73.6 Å². The van der Waals surface area contributed by atoms with Crippen molar-refractivity contribution in [3.8, 4) is 0 Å². The first-order valence-electron chi connectivity index (χ1n) is 16.2. The molecule has 0 spiro atoms. The summed E-state index contributed by atoms with van der Waals surface area (Å²) in [5, 5.41) is 5.98. The minimum atomic E-state index is -0.908. The van der Waals surface area contributed by atoms with E-state index < -0.39 is 23.8 Å². The number of aryl methyl sites for hydroxylation is 2. The molecule has 2 unspecified atom stereocenters. The summed E-state index contributed by atoms with van der Waals surface area (Å²) in [6.07, 6.45) is 7.61. The molecule has 238 valence electrons. The third kappa shape index (κ3) is 12.8. The van der Waals surface area contributed by atoms with Gasteiger partial charge < -0.3 is 20.3 Å². The van der Waals surface area contributed by atoms with Gasteiger partial charge in [0.15, 0.2) is 0 Å². The van der Waals surface area contributed by atoms with E-state index >= 15 is 0 Å². The SMILES string of the molecule is CCCCCCCN(C(=O)C(Cc1ccccc1)NC(=O)OC(C)(C)C)C(C(=O)NCCCCC)c1ccc(C)cc1C. The molecule has 2 aromatic carbocycles. The number of nitrogens with zero attached hydrogens (tertiary/aromatic N) is 1. The number of ether oxygens (including phenoxy) is 1. The average molecular weight is 594 g/mol. The van der Waals surface area contributed by atoms with E-state index in [1.165, 1.54) is 0 Å². The van der Waals surface area contributed by atoms with Gasteiger partial charge in [-0.15, -0.1) is 0 Å². The van der Waals surface area contributed by atoms with Crippen molar-refractivity contribution in [1.82, 2.24) is 15.5 Å². The van der Waals surface area contributed by atoms with Gasteiger partial charge in [0.25, 0.3) is 0 Å². The summed E-state index contributed by atoms with van der Waals surface area (Å²) >= 11 is 0. The predicted molar refractivity (Wildman–Crippen MR) is 175 cm³/mol. The van der Waals surface area contributed by atoms with Gasteiger partial charge in [-0.3, -0.25) is 9.59 Å². The number of hydrogen-bond donors (Lipinski definition) is 2. The van der Waals surface area contributed by atoms with Crippen LogP contribution in [0, 0.1) is 13.8 Å². The summed E-state index contributed by atoms with van der Waals surface area (Å²) in [6.45, 7) is 14.7. The molecule has 0 radical (unpaired) electrons. The number of nitrogens with one attached hydrogen (secondary N) is 2. The van der Waals surface area contributed by atoms with Crippen LogP contribution in [0.3, 0.4) is 0 Å². The largest absolute Gasteiger partial charge is 0.444 e. The lowest BCUT2D eigenvalue weighted by atomic mass is 9.95. The van der Waals surface area contributed by atoms with Crippen molar-refractivity contribution < 1.29 is 19.1 Å². The minimum Gasteiger partial charge on any atom is -0.444 e. The molecule has 3 amide bonds. The van der Waals surface area contributed by atoms with E-state index in [1.807, 2.05) is 56.3 Å². The minimum absolute atomic E-state index is 0.194. The molecule has 0 saturated carbocycles. The van der Waals surface area contributed by atoms with Gasteiger partial charge in [-0.05, 0) is 64.2 Å². The Balaban J connectivity index is 2.54. The number of amides is 3. The van der Waals surface area contributed by atoms with Crippen molar-refractivity contribution in [2.24, 2.45) is 0 Å². The summed E-state index contributed by atoms with van der Waals surface area (Å²) in [5.41, 5.74) is 3.04. The number of alkyl carbamates (subject to hydrolysis) is 1. The highest BCUT2D eigenvalue weighted by atomic mass is 16.6. The zero-order valence-corrected chi connectivity index (χ0v) is 27.6. The molecule has 0 aliphatic heterocycles. The van der Waals surface area contributed by atoms with E-state index in [4.69, 9.17) is 4.74 Å². The molecule has 2 N–H and O–H groups in total. The maximum Gasteiger partial charge on any atom is 0.408 e. The van der Waals surface area contributed by atoms with E-state index in [0.29, 0.717) is 13.1 Å². The Labute approximate surface area is 260 Å². The molecular weight excluding hydrogens is 538 g/mol. The second-order valence-corrected chi connectivity index (χ2v) is 12.6. The zero-order valence-electron chi connectivity index (χ0n) is 27.6. The quantitative estimate of drug-likeness (QED) is 0.185. The number of carbonyl (C=O) groups excluding carboxylic acids is 3.